The van der Waals surface area contributed by atoms with Gasteiger partial charge in [-0.3, -0.25) is 14.7 Å². The van der Waals surface area contributed by atoms with Gasteiger partial charge in [0.25, 0.3) is 5.91 Å². The Kier molecular flexibility index (Phi) is 3.20. The smallest absolute Gasteiger partial charge is 0.276 e. The molecule has 1 aliphatic rings. The molecular weight excluding hydrogens is 270 g/mol. The summed E-state index contributed by atoms with van der Waals surface area (Å²) >= 11 is 5.15. The maximum absolute atomic E-state index is 12.2. The molecule has 1 aromatic carbocycles. The van der Waals surface area contributed by atoms with Crippen LogP contribution in [0.1, 0.15) is 12.5 Å². The van der Waals surface area contributed by atoms with Crippen molar-refractivity contribution in [3.63, 3.8) is 0 Å². The van der Waals surface area contributed by atoms with E-state index in [0.29, 0.717) is 17.4 Å². The summed E-state index contributed by atoms with van der Waals surface area (Å²) in [5.74, 6) is -0.0848. The predicted octanol–water partition coefficient (Wildman–Crippen LogP) is 2.31. The summed E-state index contributed by atoms with van der Waals surface area (Å²) in [7, 11) is 0. The Morgan fingerprint density at radius 2 is 2.15 bits per heavy atom. The van der Waals surface area contributed by atoms with Gasteiger partial charge in [-0.05, 0) is 42.9 Å². The third kappa shape index (κ3) is 2.06. The van der Waals surface area contributed by atoms with Crippen LogP contribution in [0.4, 0.5) is 0 Å². The van der Waals surface area contributed by atoms with Crippen LogP contribution in [0, 0.1) is 0 Å². The maximum atomic E-state index is 12.2. The molecule has 2 heterocycles. The number of hydrogen-bond donors (Lipinski definition) is 1. The van der Waals surface area contributed by atoms with Gasteiger partial charge in [0.05, 0.1) is 5.52 Å². The largest absolute Gasteiger partial charge is 0.328 e. The summed E-state index contributed by atoms with van der Waals surface area (Å²) in [5.41, 5.74) is 2.36. The number of pyridine rings is 1. The highest BCUT2D eigenvalue weighted by Gasteiger charge is 2.29. The van der Waals surface area contributed by atoms with Gasteiger partial charge in [-0.2, -0.15) is 0 Å². The minimum atomic E-state index is -0.0848. The first-order valence-corrected chi connectivity index (χ1v) is 6.80. The molecule has 4 nitrogen and oxygen atoms in total. The topological polar surface area (TPSA) is 45.2 Å². The van der Waals surface area contributed by atoms with Crippen molar-refractivity contribution in [3.8, 4) is 0 Å². The summed E-state index contributed by atoms with van der Waals surface area (Å²) in [5, 5.41) is 4.44. The molecule has 0 unspecified atom stereocenters. The summed E-state index contributed by atoms with van der Waals surface area (Å²) in [6.07, 6.45) is 3.57. The van der Waals surface area contributed by atoms with E-state index in [0.717, 1.165) is 16.5 Å². The van der Waals surface area contributed by atoms with Gasteiger partial charge in [-0.25, -0.2) is 0 Å². The number of para-hydroxylation sites is 1. The van der Waals surface area contributed by atoms with Gasteiger partial charge < -0.3 is 5.32 Å². The number of nitrogens with one attached hydrogen (secondary N) is 1. The molecule has 0 spiro atoms. The van der Waals surface area contributed by atoms with E-state index in [1.54, 1.807) is 11.1 Å². The Hall–Kier alpha value is -2.27. The lowest BCUT2D eigenvalue weighted by molar-refractivity contribution is -0.122. The third-order valence-corrected chi connectivity index (χ3v) is 3.58. The minimum Gasteiger partial charge on any atom is -0.328 e. The monoisotopic (exact) mass is 283 g/mol. The lowest BCUT2D eigenvalue weighted by Crippen LogP contribution is -2.30. The molecule has 1 aromatic heterocycles. The number of carbonyl (C=O) groups excluding carboxylic acids is 1. The first-order valence-electron chi connectivity index (χ1n) is 6.39. The van der Waals surface area contributed by atoms with E-state index >= 15 is 0 Å². The highest BCUT2D eigenvalue weighted by atomic mass is 32.1. The molecule has 1 amide bonds. The molecule has 100 valence electrons. The first kappa shape index (κ1) is 12.7. The van der Waals surface area contributed by atoms with Gasteiger partial charge >= 0.3 is 0 Å². The number of likely N-dealkylation sites (N-methyl/N-ethyl adjacent to an activating group) is 1. The molecule has 0 saturated carbocycles. The predicted molar refractivity (Wildman–Crippen MR) is 82.8 cm³/mol. The third-order valence-electron chi connectivity index (χ3n) is 3.26. The van der Waals surface area contributed by atoms with Crippen LogP contribution < -0.4 is 5.32 Å². The number of thiocarbonyl (C=S) groups is 1. The van der Waals surface area contributed by atoms with E-state index in [-0.39, 0.29) is 5.91 Å². The molecule has 1 aliphatic heterocycles. The number of amides is 1. The van der Waals surface area contributed by atoms with Crippen LogP contribution in [0.25, 0.3) is 17.0 Å². The number of fused-ring (bicyclic) bond motifs is 1. The van der Waals surface area contributed by atoms with Gasteiger partial charge in [0.1, 0.15) is 5.70 Å². The van der Waals surface area contributed by atoms with E-state index in [9.17, 15) is 4.79 Å². The fourth-order valence-corrected chi connectivity index (χ4v) is 2.58. The van der Waals surface area contributed by atoms with Gasteiger partial charge in [0, 0.05) is 18.1 Å². The average molecular weight is 283 g/mol. The minimum absolute atomic E-state index is 0.0848. The van der Waals surface area contributed by atoms with E-state index in [1.165, 1.54) is 0 Å². The lowest BCUT2D eigenvalue weighted by atomic mass is 10.1. The molecule has 2 aromatic rings. The number of rotatable bonds is 2. The molecule has 5 heteroatoms. The highest BCUT2D eigenvalue weighted by molar-refractivity contribution is 7.80. The molecule has 0 atom stereocenters. The van der Waals surface area contributed by atoms with Crippen LogP contribution >= 0.6 is 12.2 Å². The summed E-state index contributed by atoms with van der Waals surface area (Å²) < 4.78 is 0. The Balaban J connectivity index is 2.07. The Bertz CT molecular complexity index is 733. The second kappa shape index (κ2) is 5.02. The molecule has 0 bridgehead atoms. The number of nitrogens with zero attached hydrogens (tertiary/aromatic N) is 2. The fraction of sp³-hybridized carbons (Fsp3) is 0.133. The van der Waals surface area contributed by atoms with Gasteiger partial charge in [-0.1, -0.05) is 18.2 Å². The van der Waals surface area contributed by atoms with Crippen LogP contribution in [0.2, 0.25) is 0 Å². The molecule has 1 saturated heterocycles. The number of aromatic nitrogens is 1. The highest BCUT2D eigenvalue weighted by Crippen LogP contribution is 2.20. The quantitative estimate of drug-likeness (QED) is 0.678. The molecule has 3 rings (SSSR count). The SMILES string of the molecule is CCN1C(=O)/C(=C/c2ccnc3ccccc23)NC1=S. The van der Waals surface area contributed by atoms with Crippen molar-refractivity contribution in [1.29, 1.82) is 0 Å². The fourth-order valence-electron chi connectivity index (χ4n) is 2.26. The van der Waals surface area contributed by atoms with Crippen LogP contribution in [0.15, 0.2) is 42.2 Å². The number of carbonyl (C=O) groups is 1. The number of hydrogen-bond acceptors (Lipinski definition) is 3. The van der Waals surface area contributed by atoms with Crippen molar-refractivity contribution in [2.75, 3.05) is 6.54 Å². The summed E-state index contributed by atoms with van der Waals surface area (Å²) in [6, 6.07) is 9.73. The normalized spacial score (nSPS) is 17.1. The molecule has 0 radical (unpaired) electrons. The molecule has 1 fully saturated rings. The van der Waals surface area contributed by atoms with E-state index in [1.807, 2.05) is 43.3 Å². The van der Waals surface area contributed by atoms with Crippen molar-refractivity contribution in [3.05, 3.63) is 47.8 Å². The molecular formula is C15H13N3OS. The zero-order chi connectivity index (χ0) is 14.1. The molecule has 1 N–H and O–H groups in total. The Morgan fingerprint density at radius 3 is 2.90 bits per heavy atom. The standard InChI is InChI=1S/C15H13N3OS/c1-2-18-14(19)13(17-15(18)20)9-10-7-8-16-12-6-4-3-5-11(10)12/h3-9H,2H2,1H3,(H,17,20)/b13-9-. The second-order valence-corrected chi connectivity index (χ2v) is 4.84. The number of benzene rings is 1. The van der Waals surface area contributed by atoms with Crippen molar-refractivity contribution in [1.82, 2.24) is 15.2 Å². The van der Waals surface area contributed by atoms with E-state index in [4.69, 9.17) is 12.2 Å². The second-order valence-electron chi connectivity index (χ2n) is 4.45. The average Bonchev–Trinajstić information content (AvgIpc) is 2.73. The zero-order valence-corrected chi connectivity index (χ0v) is 11.8. The van der Waals surface area contributed by atoms with Crippen LogP contribution in [-0.2, 0) is 4.79 Å². The lowest BCUT2D eigenvalue weighted by Gasteiger charge is -2.08. The van der Waals surface area contributed by atoms with Crippen LogP contribution in [0.5, 0.6) is 0 Å². The Morgan fingerprint density at radius 1 is 1.35 bits per heavy atom. The van der Waals surface area contributed by atoms with Gasteiger partial charge in [-0.15, -0.1) is 0 Å². The first-order chi connectivity index (χ1) is 9.70. The van der Waals surface area contributed by atoms with E-state index < -0.39 is 0 Å². The molecule has 0 aliphatic carbocycles. The Labute approximate surface area is 122 Å². The van der Waals surface area contributed by atoms with E-state index in [2.05, 4.69) is 10.3 Å². The van der Waals surface area contributed by atoms with Gasteiger partial charge in [0.15, 0.2) is 5.11 Å². The zero-order valence-electron chi connectivity index (χ0n) is 11.0. The van der Waals surface area contributed by atoms with Crippen molar-refractivity contribution < 1.29 is 4.79 Å². The van der Waals surface area contributed by atoms with Crippen molar-refractivity contribution >= 4 is 40.2 Å². The maximum Gasteiger partial charge on any atom is 0.276 e. The van der Waals surface area contributed by atoms with Crippen LogP contribution in [0.3, 0.4) is 0 Å². The summed E-state index contributed by atoms with van der Waals surface area (Å²) in [4.78, 5) is 18.0. The van der Waals surface area contributed by atoms with Crippen molar-refractivity contribution in [2.24, 2.45) is 0 Å². The summed E-state index contributed by atoms with van der Waals surface area (Å²) in [6.45, 7) is 2.47. The van der Waals surface area contributed by atoms with Crippen LogP contribution in [-0.4, -0.2) is 27.4 Å². The molecule has 20 heavy (non-hydrogen) atoms. The van der Waals surface area contributed by atoms with Crippen molar-refractivity contribution in [2.45, 2.75) is 6.92 Å². The van der Waals surface area contributed by atoms with Gasteiger partial charge in [0.2, 0.25) is 0 Å².